The molecule has 138 valence electrons. The van der Waals surface area contributed by atoms with Gasteiger partial charge >= 0.3 is 6.09 Å². The Morgan fingerprint density at radius 1 is 1.12 bits per heavy atom. The summed E-state index contributed by atoms with van der Waals surface area (Å²) in [5, 5.41) is 18.6. The first-order valence-electron chi connectivity index (χ1n) is 8.37. The van der Waals surface area contributed by atoms with Gasteiger partial charge in [0.15, 0.2) is 0 Å². The quantitative estimate of drug-likeness (QED) is 0.648. The zero-order chi connectivity index (χ0) is 19.3. The van der Waals surface area contributed by atoms with Gasteiger partial charge in [-0.1, -0.05) is 0 Å². The lowest BCUT2D eigenvalue weighted by Crippen LogP contribution is -2.51. The Hall–Kier alpha value is -3.01. The Morgan fingerprint density at radius 2 is 1.65 bits per heavy atom. The molecule has 2 amide bonds. The van der Waals surface area contributed by atoms with Crippen LogP contribution >= 0.6 is 0 Å². The molecule has 0 unspecified atom stereocenters. The van der Waals surface area contributed by atoms with Crippen molar-refractivity contribution in [3.05, 3.63) is 35.9 Å². The molecule has 1 aliphatic heterocycles. The highest BCUT2D eigenvalue weighted by molar-refractivity contribution is 5.98. The van der Waals surface area contributed by atoms with Gasteiger partial charge in [0, 0.05) is 32.3 Å². The van der Waals surface area contributed by atoms with Crippen LogP contribution < -0.4 is 0 Å². The van der Waals surface area contributed by atoms with Crippen molar-refractivity contribution in [3.8, 4) is 11.8 Å². The molecule has 1 fully saturated rings. The Morgan fingerprint density at radius 3 is 2.15 bits per heavy atom. The lowest BCUT2D eigenvalue weighted by atomic mass is 10.1. The van der Waals surface area contributed by atoms with Crippen molar-refractivity contribution < 1.29 is 19.4 Å². The third kappa shape index (κ3) is 5.24. The van der Waals surface area contributed by atoms with E-state index in [0.717, 1.165) is 0 Å². The second kappa shape index (κ2) is 7.91. The number of phenolic OH excluding ortho intramolecular Hbond substituents is 1. The summed E-state index contributed by atoms with van der Waals surface area (Å²) in [7, 11) is 0. The van der Waals surface area contributed by atoms with Crippen molar-refractivity contribution in [2.45, 2.75) is 26.4 Å². The van der Waals surface area contributed by atoms with Crippen molar-refractivity contribution in [3.63, 3.8) is 0 Å². The summed E-state index contributed by atoms with van der Waals surface area (Å²) in [6, 6.07) is 8.10. The Kier molecular flexibility index (Phi) is 5.88. The standard InChI is InChI=1S/C19H23N3O4/c1-19(2,3)26-18(25)22-10-8-21(9-11-22)17(24)12-15(13-20)14-4-6-16(23)7-5-14/h4-7,12,23H,8-11H2,1-3H3. The van der Waals surface area contributed by atoms with Gasteiger partial charge in [-0.2, -0.15) is 5.26 Å². The fraction of sp³-hybridized carbons (Fsp3) is 0.421. The van der Waals surface area contributed by atoms with E-state index in [0.29, 0.717) is 31.7 Å². The summed E-state index contributed by atoms with van der Waals surface area (Å²) in [4.78, 5) is 27.6. The van der Waals surface area contributed by atoms with Crippen LogP contribution in [0.25, 0.3) is 5.57 Å². The molecule has 0 radical (unpaired) electrons. The molecule has 1 N–H and O–H groups in total. The molecule has 0 aliphatic carbocycles. The van der Waals surface area contributed by atoms with Crippen LogP contribution in [-0.2, 0) is 9.53 Å². The third-order valence-corrected chi connectivity index (χ3v) is 3.81. The number of rotatable bonds is 2. The minimum atomic E-state index is -0.557. The number of piperazine rings is 1. The molecular formula is C19H23N3O4. The molecule has 0 atom stereocenters. The van der Waals surface area contributed by atoms with E-state index in [1.54, 1.807) is 21.9 Å². The van der Waals surface area contributed by atoms with Gasteiger partial charge in [0.05, 0.1) is 11.6 Å². The maximum Gasteiger partial charge on any atom is 0.410 e. The molecule has 7 heteroatoms. The predicted molar refractivity (Wildman–Crippen MR) is 96.1 cm³/mol. The SMILES string of the molecule is CC(C)(C)OC(=O)N1CCN(C(=O)C=C(C#N)c2ccc(O)cc2)CC1. The van der Waals surface area contributed by atoms with Gasteiger partial charge in [0.25, 0.3) is 0 Å². The normalized spacial score (nSPS) is 15.4. The Balaban J connectivity index is 1.98. The highest BCUT2D eigenvalue weighted by Crippen LogP contribution is 2.18. The molecule has 0 bridgehead atoms. The van der Waals surface area contributed by atoms with Gasteiger partial charge < -0.3 is 19.6 Å². The van der Waals surface area contributed by atoms with Crippen molar-refractivity contribution in [1.29, 1.82) is 5.26 Å². The van der Waals surface area contributed by atoms with Crippen LogP contribution in [-0.4, -0.2) is 58.7 Å². The number of allylic oxidation sites excluding steroid dienone is 1. The fourth-order valence-electron chi connectivity index (χ4n) is 2.47. The van der Waals surface area contributed by atoms with E-state index in [1.165, 1.54) is 18.2 Å². The molecule has 1 aliphatic rings. The number of hydrogen-bond donors (Lipinski definition) is 1. The Bertz CT molecular complexity index is 734. The monoisotopic (exact) mass is 357 g/mol. The second-order valence-electron chi connectivity index (χ2n) is 7.01. The molecular weight excluding hydrogens is 334 g/mol. The summed E-state index contributed by atoms with van der Waals surface area (Å²) in [6.07, 6.45) is 0.900. The number of benzene rings is 1. The van der Waals surface area contributed by atoms with Crippen LogP contribution in [0.4, 0.5) is 4.79 Å². The Labute approximate surface area is 153 Å². The van der Waals surface area contributed by atoms with Crippen LogP contribution in [0, 0.1) is 11.3 Å². The van der Waals surface area contributed by atoms with Crippen LogP contribution in [0.5, 0.6) is 5.75 Å². The van der Waals surface area contributed by atoms with Gasteiger partial charge in [-0.15, -0.1) is 0 Å². The summed E-state index contributed by atoms with van der Waals surface area (Å²) < 4.78 is 5.33. The van der Waals surface area contributed by atoms with E-state index >= 15 is 0 Å². The van der Waals surface area contributed by atoms with Gasteiger partial charge in [-0.05, 0) is 50.6 Å². The number of nitriles is 1. The second-order valence-corrected chi connectivity index (χ2v) is 7.01. The lowest BCUT2D eigenvalue weighted by Gasteiger charge is -2.35. The highest BCUT2D eigenvalue weighted by Gasteiger charge is 2.27. The van der Waals surface area contributed by atoms with Crippen LogP contribution in [0.2, 0.25) is 0 Å². The van der Waals surface area contributed by atoms with Crippen molar-refractivity contribution in [1.82, 2.24) is 9.80 Å². The van der Waals surface area contributed by atoms with Crippen LogP contribution in [0.15, 0.2) is 30.3 Å². The number of phenols is 1. The number of hydrogen-bond acceptors (Lipinski definition) is 5. The number of ether oxygens (including phenoxy) is 1. The van der Waals surface area contributed by atoms with E-state index in [9.17, 15) is 20.0 Å². The molecule has 1 aromatic carbocycles. The summed E-state index contributed by atoms with van der Waals surface area (Å²) in [5.74, 6) is -0.186. The molecule has 1 aromatic rings. The average molecular weight is 357 g/mol. The zero-order valence-corrected chi connectivity index (χ0v) is 15.2. The minimum Gasteiger partial charge on any atom is -0.508 e. The number of carbonyl (C=O) groups excluding carboxylic acids is 2. The predicted octanol–water partition coefficient (Wildman–Crippen LogP) is 2.38. The number of aromatic hydroxyl groups is 1. The first kappa shape index (κ1) is 19.3. The smallest absolute Gasteiger partial charge is 0.410 e. The molecule has 0 aromatic heterocycles. The van der Waals surface area contributed by atoms with Crippen molar-refractivity contribution in [2.24, 2.45) is 0 Å². The highest BCUT2D eigenvalue weighted by atomic mass is 16.6. The minimum absolute atomic E-state index is 0.0932. The molecule has 1 heterocycles. The van der Waals surface area contributed by atoms with E-state index in [-0.39, 0.29) is 23.3 Å². The van der Waals surface area contributed by atoms with E-state index in [1.807, 2.05) is 26.8 Å². The third-order valence-electron chi connectivity index (χ3n) is 3.81. The largest absolute Gasteiger partial charge is 0.508 e. The lowest BCUT2D eigenvalue weighted by molar-refractivity contribution is -0.127. The zero-order valence-electron chi connectivity index (χ0n) is 15.2. The van der Waals surface area contributed by atoms with E-state index in [2.05, 4.69) is 0 Å². The van der Waals surface area contributed by atoms with Crippen molar-refractivity contribution >= 4 is 17.6 Å². The van der Waals surface area contributed by atoms with Crippen LogP contribution in [0.3, 0.4) is 0 Å². The van der Waals surface area contributed by atoms with Gasteiger partial charge in [0.1, 0.15) is 11.4 Å². The topological polar surface area (TPSA) is 93.9 Å². The van der Waals surface area contributed by atoms with Crippen molar-refractivity contribution in [2.75, 3.05) is 26.2 Å². The van der Waals surface area contributed by atoms with Gasteiger partial charge in [-0.25, -0.2) is 4.79 Å². The average Bonchev–Trinajstić information content (AvgIpc) is 2.59. The number of carbonyl (C=O) groups is 2. The maximum absolute atomic E-state index is 12.4. The molecule has 0 saturated carbocycles. The number of amides is 2. The van der Waals surface area contributed by atoms with E-state index < -0.39 is 5.60 Å². The first-order valence-corrected chi connectivity index (χ1v) is 8.37. The summed E-state index contributed by atoms with van der Waals surface area (Å²) in [6.45, 7) is 6.95. The molecule has 7 nitrogen and oxygen atoms in total. The number of nitrogens with zero attached hydrogens (tertiary/aromatic N) is 3. The molecule has 0 spiro atoms. The molecule has 1 saturated heterocycles. The molecule has 26 heavy (non-hydrogen) atoms. The summed E-state index contributed by atoms with van der Waals surface area (Å²) in [5.41, 5.74) is 0.231. The first-order chi connectivity index (χ1) is 12.2. The maximum atomic E-state index is 12.4. The van der Waals surface area contributed by atoms with Gasteiger partial charge in [-0.3, -0.25) is 4.79 Å². The van der Waals surface area contributed by atoms with E-state index in [4.69, 9.17) is 4.74 Å². The van der Waals surface area contributed by atoms with Gasteiger partial charge in [0.2, 0.25) is 5.91 Å². The molecule has 2 rings (SSSR count). The van der Waals surface area contributed by atoms with Crippen LogP contribution in [0.1, 0.15) is 26.3 Å². The fourth-order valence-corrected chi connectivity index (χ4v) is 2.47. The summed E-state index contributed by atoms with van der Waals surface area (Å²) >= 11 is 0.